The SMILES string of the molecule is O.O.O=c1ccc2cc(O)c(O[C@@H]3O[C@H](CO)[C@@H](O)[C@H](O)[C@H]3O)cc2o1. The van der Waals surface area contributed by atoms with Gasteiger partial charge in [0, 0.05) is 17.5 Å². The summed E-state index contributed by atoms with van der Waals surface area (Å²) < 4.78 is 15.5. The van der Waals surface area contributed by atoms with Crippen LogP contribution in [-0.2, 0) is 4.74 Å². The number of rotatable bonds is 3. The van der Waals surface area contributed by atoms with E-state index >= 15 is 0 Å². The van der Waals surface area contributed by atoms with E-state index in [-0.39, 0.29) is 28.0 Å². The second kappa shape index (κ2) is 8.42. The van der Waals surface area contributed by atoms with Gasteiger partial charge in [-0.1, -0.05) is 0 Å². The molecule has 2 aromatic rings. The Morgan fingerprint density at radius 1 is 1.04 bits per heavy atom. The van der Waals surface area contributed by atoms with Crippen LogP contribution in [0.5, 0.6) is 11.5 Å². The zero-order chi connectivity index (χ0) is 17.4. The van der Waals surface area contributed by atoms with Crippen LogP contribution in [0.25, 0.3) is 11.0 Å². The number of aromatic hydroxyl groups is 1. The van der Waals surface area contributed by atoms with Crippen LogP contribution in [0.15, 0.2) is 33.5 Å². The average Bonchev–Trinajstić information content (AvgIpc) is 2.56. The van der Waals surface area contributed by atoms with E-state index in [9.17, 15) is 25.2 Å². The Kier molecular flexibility index (Phi) is 7.06. The number of ether oxygens (including phenoxy) is 2. The summed E-state index contributed by atoms with van der Waals surface area (Å²) in [6, 6.07) is 5.17. The highest BCUT2D eigenvalue weighted by molar-refractivity contribution is 5.80. The van der Waals surface area contributed by atoms with Crippen molar-refractivity contribution in [2.45, 2.75) is 30.7 Å². The molecule has 11 heteroatoms. The van der Waals surface area contributed by atoms with Crippen LogP contribution in [0, 0.1) is 0 Å². The number of benzene rings is 1. The third-order valence-electron chi connectivity index (χ3n) is 3.79. The Bertz CT molecular complexity index is 787. The standard InChI is InChI=1S/C15H16O9.2H2O/c16-5-10-12(19)13(20)14(21)15(24-10)23-9-4-8-6(3-7(9)17)1-2-11(18)22-8;;/h1-4,10,12-17,19-21H,5H2;2*1H2/t10-,12-,13+,14-,15-;;/m1../s1. The van der Waals surface area contributed by atoms with Gasteiger partial charge in [0.25, 0.3) is 0 Å². The molecule has 1 saturated heterocycles. The van der Waals surface area contributed by atoms with Gasteiger partial charge >= 0.3 is 5.63 Å². The van der Waals surface area contributed by atoms with Crippen molar-refractivity contribution >= 4 is 11.0 Å². The lowest BCUT2D eigenvalue weighted by atomic mass is 9.99. The van der Waals surface area contributed by atoms with E-state index in [1.165, 1.54) is 24.3 Å². The molecule has 3 rings (SSSR count). The first-order valence-corrected chi connectivity index (χ1v) is 7.15. The second-order valence-electron chi connectivity index (χ2n) is 5.43. The summed E-state index contributed by atoms with van der Waals surface area (Å²) in [6.45, 7) is -0.608. The van der Waals surface area contributed by atoms with Crippen LogP contribution in [0.2, 0.25) is 0 Å². The molecule has 0 saturated carbocycles. The number of phenols is 1. The van der Waals surface area contributed by atoms with Gasteiger partial charge in [-0.2, -0.15) is 0 Å². The lowest BCUT2D eigenvalue weighted by Crippen LogP contribution is -2.60. The predicted molar refractivity (Wildman–Crippen MR) is 85.8 cm³/mol. The van der Waals surface area contributed by atoms with Gasteiger partial charge in [-0.25, -0.2) is 4.79 Å². The van der Waals surface area contributed by atoms with E-state index in [0.29, 0.717) is 5.39 Å². The minimum Gasteiger partial charge on any atom is -0.504 e. The Morgan fingerprint density at radius 2 is 1.73 bits per heavy atom. The molecule has 0 radical (unpaired) electrons. The molecule has 1 aromatic carbocycles. The molecule has 1 fully saturated rings. The van der Waals surface area contributed by atoms with Crippen molar-refractivity contribution in [3.8, 4) is 11.5 Å². The largest absolute Gasteiger partial charge is 0.504 e. The van der Waals surface area contributed by atoms with Gasteiger partial charge in [-0.3, -0.25) is 0 Å². The maximum atomic E-state index is 11.3. The molecule has 146 valence electrons. The number of aliphatic hydroxyl groups excluding tert-OH is 4. The van der Waals surface area contributed by atoms with Gasteiger partial charge in [-0.15, -0.1) is 0 Å². The van der Waals surface area contributed by atoms with Crippen molar-refractivity contribution in [2.75, 3.05) is 6.61 Å². The number of fused-ring (bicyclic) bond motifs is 1. The van der Waals surface area contributed by atoms with E-state index in [4.69, 9.17) is 19.0 Å². The summed E-state index contributed by atoms with van der Waals surface area (Å²) in [4.78, 5) is 11.3. The van der Waals surface area contributed by atoms with Crippen molar-refractivity contribution in [1.29, 1.82) is 0 Å². The molecule has 2 heterocycles. The van der Waals surface area contributed by atoms with E-state index in [1.54, 1.807) is 0 Å². The summed E-state index contributed by atoms with van der Waals surface area (Å²) >= 11 is 0. The Hall–Kier alpha value is -2.25. The molecule has 0 spiro atoms. The summed E-state index contributed by atoms with van der Waals surface area (Å²) in [7, 11) is 0. The summed E-state index contributed by atoms with van der Waals surface area (Å²) in [5.74, 6) is -0.477. The summed E-state index contributed by atoms with van der Waals surface area (Å²) in [6.07, 6.45) is -7.36. The van der Waals surface area contributed by atoms with Crippen molar-refractivity contribution in [3.05, 3.63) is 34.7 Å². The zero-order valence-electron chi connectivity index (χ0n) is 13.3. The molecule has 0 aliphatic carbocycles. The predicted octanol–water partition coefficient (Wildman–Crippen LogP) is -2.97. The molecule has 1 aliphatic rings. The van der Waals surface area contributed by atoms with E-state index < -0.39 is 42.9 Å². The van der Waals surface area contributed by atoms with Crippen molar-refractivity contribution in [1.82, 2.24) is 0 Å². The normalized spacial score (nSPS) is 28.1. The molecule has 1 aliphatic heterocycles. The molecule has 5 atom stereocenters. The fourth-order valence-electron chi connectivity index (χ4n) is 2.47. The van der Waals surface area contributed by atoms with Crippen LogP contribution in [-0.4, -0.2) is 73.8 Å². The minimum atomic E-state index is -1.62. The third kappa shape index (κ3) is 3.94. The van der Waals surface area contributed by atoms with Gasteiger partial charge in [0.1, 0.15) is 30.0 Å². The number of phenolic OH excluding ortho intramolecular Hbond substituents is 1. The van der Waals surface area contributed by atoms with Gasteiger partial charge in [0.2, 0.25) is 6.29 Å². The van der Waals surface area contributed by atoms with Crippen LogP contribution in [0.3, 0.4) is 0 Å². The fourth-order valence-corrected chi connectivity index (χ4v) is 2.47. The first-order valence-electron chi connectivity index (χ1n) is 7.15. The van der Waals surface area contributed by atoms with E-state index in [1.807, 2.05) is 0 Å². The van der Waals surface area contributed by atoms with Gasteiger partial charge in [-0.05, 0) is 12.1 Å². The second-order valence-corrected chi connectivity index (χ2v) is 5.43. The van der Waals surface area contributed by atoms with Crippen LogP contribution in [0.1, 0.15) is 0 Å². The van der Waals surface area contributed by atoms with Crippen molar-refractivity contribution in [2.24, 2.45) is 0 Å². The number of hydrogen-bond donors (Lipinski definition) is 5. The van der Waals surface area contributed by atoms with E-state index in [2.05, 4.69) is 0 Å². The van der Waals surface area contributed by atoms with Crippen molar-refractivity contribution in [3.63, 3.8) is 0 Å². The van der Waals surface area contributed by atoms with Crippen LogP contribution in [0.4, 0.5) is 0 Å². The Labute approximate surface area is 145 Å². The monoisotopic (exact) mass is 376 g/mol. The molecular weight excluding hydrogens is 356 g/mol. The van der Waals surface area contributed by atoms with E-state index in [0.717, 1.165) is 0 Å². The zero-order valence-corrected chi connectivity index (χ0v) is 13.3. The molecule has 11 nitrogen and oxygen atoms in total. The van der Waals surface area contributed by atoms with Gasteiger partial charge in [0.05, 0.1) is 6.61 Å². The highest BCUT2D eigenvalue weighted by Crippen LogP contribution is 2.33. The van der Waals surface area contributed by atoms with Gasteiger partial charge < -0.3 is 50.4 Å². The minimum absolute atomic E-state index is 0. The first kappa shape index (κ1) is 21.8. The average molecular weight is 376 g/mol. The Balaban J connectivity index is 0.00000169. The molecule has 9 N–H and O–H groups in total. The molecule has 26 heavy (non-hydrogen) atoms. The van der Waals surface area contributed by atoms with Crippen molar-refractivity contribution < 1.29 is 50.4 Å². The molecule has 0 unspecified atom stereocenters. The third-order valence-corrected chi connectivity index (χ3v) is 3.79. The number of aliphatic hydroxyl groups is 4. The molecule has 1 aromatic heterocycles. The van der Waals surface area contributed by atoms with Crippen LogP contribution < -0.4 is 10.4 Å². The molecular formula is C15H20O11. The van der Waals surface area contributed by atoms with Gasteiger partial charge in [0.15, 0.2) is 11.5 Å². The lowest BCUT2D eigenvalue weighted by Gasteiger charge is -2.39. The topological polar surface area (TPSA) is 213 Å². The lowest BCUT2D eigenvalue weighted by molar-refractivity contribution is -0.277. The summed E-state index contributed by atoms with van der Waals surface area (Å²) in [5, 5.41) is 49.0. The van der Waals surface area contributed by atoms with Crippen LogP contribution >= 0.6 is 0 Å². The number of hydrogen-bond acceptors (Lipinski definition) is 9. The smallest absolute Gasteiger partial charge is 0.336 e. The summed E-state index contributed by atoms with van der Waals surface area (Å²) in [5.41, 5.74) is -0.452. The first-order chi connectivity index (χ1) is 11.4. The quantitative estimate of drug-likeness (QED) is 0.345. The fraction of sp³-hybridized carbons (Fsp3) is 0.400. The maximum absolute atomic E-state index is 11.3. The maximum Gasteiger partial charge on any atom is 0.336 e. The Morgan fingerprint density at radius 3 is 2.38 bits per heavy atom. The molecule has 0 bridgehead atoms. The highest BCUT2D eigenvalue weighted by atomic mass is 16.7. The molecule has 0 amide bonds. The highest BCUT2D eigenvalue weighted by Gasteiger charge is 2.44.